The maximum absolute atomic E-state index is 11.5. The van der Waals surface area contributed by atoms with Gasteiger partial charge in [0.2, 0.25) is 0 Å². The number of carboxylic acid groups (broad SMARTS) is 1. The van der Waals surface area contributed by atoms with Crippen LogP contribution >= 0.6 is 0 Å². The highest BCUT2D eigenvalue weighted by molar-refractivity contribution is 5.72. The van der Waals surface area contributed by atoms with Crippen molar-refractivity contribution in [2.75, 3.05) is 7.11 Å². The van der Waals surface area contributed by atoms with Gasteiger partial charge in [-0.2, -0.15) is 0 Å². The summed E-state index contributed by atoms with van der Waals surface area (Å²) in [5.41, 5.74) is 0.462. The van der Waals surface area contributed by atoms with Gasteiger partial charge >= 0.3 is 5.97 Å². The smallest absolute Gasteiger partial charge is 0.309 e. The number of fused-ring (bicyclic) bond motifs is 1. The number of rotatable bonds is 5. The molecule has 1 aliphatic carbocycles. The van der Waals surface area contributed by atoms with Crippen LogP contribution < -0.4 is 4.74 Å². The number of aryl methyl sites for hydroxylation is 1. The maximum atomic E-state index is 11.5. The zero-order chi connectivity index (χ0) is 14.0. The first-order valence-electron chi connectivity index (χ1n) is 6.65. The molecule has 0 spiro atoms. The van der Waals surface area contributed by atoms with E-state index in [4.69, 9.17) is 4.74 Å². The van der Waals surface area contributed by atoms with E-state index >= 15 is 0 Å². The van der Waals surface area contributed by atoms with Crippen LogP contribution in [0, 0.1) is 5.92 Å². The molecule has 2 N–H and O–H groups in total. The van der Waals surface area contributed by atoms with Crippen molar-refractivity contribution in [3.63, 3.8) is 0 Å². The summed E-state index contributed by atoms with van der Waals surface area (Å²) in [5, 5.41) is 20.3. The van der Waals surface area contributed by atoms with Gasteiger partial charge in [-0.05, 0) is 42.5 Å². The van der Waals surface area contributed by atoms with Crippen LogP contribution in [0.3, 0.4) is 0 Å². The average molecular weight is 264 g/mol. The molecule has 0 bridgehead atoms. The largest absolute Gasteiger partial charge is 0.497 e. The predicted molar refractivity (Wildman–Crippen MR) is 71.2 cm³/mol. The minimum absolute atomic E-state index is 0.465. The summed E-state index contributed by atoms with van der Waals surface area (Å²) in [4.78, 5) is 11.5. The minimum Gasteiger partial charge on any atom is -0.497 e. The molecule has 0 radical (unpaired) electrons. The van der Waals surface area contributed by atoms with Crippen molar-refractivity contribution in [1.29, 1.82) is 0 Å². The monoisotopic (exact) mass is 264 g/mol. The van der Waals surface area contributed by atoms with Crippen molar-refractivity contribution >= 4 is 5.97 Å². The second-order valence-electron chi connectivity index (χ2n) is 5.13. The number of benzene rings is 1. The summed E-state index contributed by atoms with van der Waals surface area (Å²) in [5.74, 6) is -1.04. The average Bonchev–Trinajstić information content (AvgIpc) is 2.73. The molecule has 0 saturated carbocycles. The van der Waals surface area contributed by atoms with Gasteiger partial charge in [0.1, 0.15) is 11.4 Å². The first-order valence-corrected chi connectivity index (χ1v) is 6.65. The number of hydrogen-bond donors (Lipinski definition) is 2. The third kappa shape index (κ3) is 2.32. The van der Waals surface area contributed by atoms with Crippen LogP contribution in [0.2, 0.25) is 0 Å². The molecule has 0 aliphatic heterocycles. The van der Waals surface area contributed by atoms with E-state index in [1.165, 1.54) is 0 Å². The van der Waals surface area contributed by atoms with Gasteiger partial charge < -0.3 is 14.9 Å². The molecule has 0 aromatic heterocycles. The lowest BCUT2D eigenvalue weighted by Gasteiger charge is -2.31. The Balaban J connectivity index is 2.44. The van der Waals surface area contributed by atoms with Crippen LogP contribution in [0.4, 0.5) is 0 Å². The van der Waals surface area contributed by atoms with Gasteiger partial charge in [0.25, 0.3) is 0 Å². The van der Waals surface area contributed by atoms with Crippen molar-refractivity contribution in [1.82, 2.24) is 0 Å². The van der Waals surface area contributed by atoms with Crippen LogP contribution in [0.25, 0.3) is 0 Å². The predicted octanol–water partition coefficient (Wildman–Crippen LogP) is 2.33. The van der Waals surface area contributed by atoms with Crippen LogP contribution in [-0.4, -0.2) is 23.3 Å². The molecule has 1 aromatic carbocycles. The maximum Gasteiger partial charge on any atom is 0.309 e. The number of aliphatic hydroxyl groups is 1. The van der Waals surface area contributed by atoms with Gasteiger partial charge in [-0.1, -0.05) is 19.4 Å². The van der Waals surface area contributed by atoms with Crippen LogP contribution in [-0.2, 0) is 16.8 Å². The lowest BCUT2D eigenvalue weighted by molar-refractivity contribution is -0.153. The zero-order valence-electron chi connectivity index (χ0n) is 11.3. The number of aliphatic carboxylic acids is 1. The van der Waals surface area contributed by atoms with Gasteiger partial charge in [-0.25, -0.2) is 0 Å². The molecule has 4 heteroatoms. The van der Waals surface area contributed by atoms with E-state index < -0.39 is 17.5 Å². The van der Waals surface area contributed by atoms with E-state index in [0.29, 0.717) is 30.6 Å². The molecular weight excluding hydrogens is 244 g/mol. The second-order valence-corrected chi connectivity index (χ2v) is 5.13. The summed E-state index contributed by atoms with van der Waals surface area (Å²) in [7, 11) is 1.57. The Bertz CT molecular complexity index is 483. The van der Waals surface area contributed by atoms with Crippen molar-refractivity contribution < 1.29 is 19.7 Å². The summed E-state index contributed by atoms with van der Waals surface area (Å²) in [6.45, 7) is 1.93. The van der Waals surface area contributed by atoms with Gasteiger partial charge in [-0.15, -0.1) is 0 Å². The lowest BCUT2D eigenvalue weighted by atomic mass is 9.80. The molecule has 2 unspecified atom stereocenters. The Kier molecular flexibility index (Phi) is 3.80. The number of ether oxygens (including phenoxy) is 1. The first-order chi connectivity index (χ1) is 9.02. The Morgan fingerprint density at radius 3 is 2.84 bits per heavy atom. The zero-order valence-corrected chi connectivity index (χ0v) is 11.3. The first kappa shape index (κ1) is 13.9. The lowest BCUT2D eigenvalue weighted by Crippen LogP contribution is -2.38. The number of methoxy groups -OCH3 is 1. The van der Waals surface area contributed by atoms with E-state index in [1.54, 1.807) is 13.2 Å². The summed E-state index contributed by atoms with van der Waals surface area (Å²) < 4.78 is 5.17. The Morgan fingerprint density at radius 1 is 1.53 bits per heavy atom. The summed E-state index contributed by atoms with van der Waals surface area (Å²) in [6, 6.07) is 5.53. The molecular formula is C15H20O4. The molecule has 0 heterocycles. The molecule has 1 aromatic rings. The van der Waals surface area contributed by atoms with Crippen molar-refractivity contribution in [2.45, 2.75) is 38.2 Å². The molecule has 0 saturated heterocycles. The summed E-state index contributed by atoms with van der Waals surface area (Å²) in [6.07, 6.45) is 2.39. The van der Waals surface area contributed by atoms with Gasteiger partial charge in [0, 0.05) is 0 Å². The fourth-order valence-corrected chi connectivity index (χ4v) is 2.98. The van der Waals surface area contributed by atoms with E-state index in [1.807, 2.05) is 19.1 Å². The summed E-state index contributed by atoms with van der Waals surface area (Å²) >= 11 is 0. The molecule has 0 amide bonds. The van der Waals surface area contributed by atoms with Crippen molar-refractivity contribution in [3.05, 3.63) is 29.3 Å². The molecule has 4 nitrogen and oxygen atoms in total. The molecule has 2 atom stereocenters. The van der Waals surface area contributed by atoms with E-state index in [9.17, 15) is 15.0 Å². The van der Waals surface area contributed by atoms with E-state index in [2.05, 4.69) is 0 Å². The topological polar surface area (TPSA) is 66.8 Å². The number of carboxylic acids is 1. The third-order valence-corrected chi connectivity index (χ3v) is 4.01. The minimum atomic E-state index is -1.27. The van der Waals surface area contributed by atoms with Crippen LogP contribution in [0.1, 0.15) is 37.3 Å². The standard InChI is InChI=1S/C15H20O4/c1-3-4-12(14(16)17)15(18)8-7-10-5-6-11(19-2)9-13(10)15/h5-6,9,12,18H,3-4,7-8H2,1-2H3,(H,16,17). The van der Waals surface area contributed by atoms with Gasteiger partial charge in [0.15, 0.2) is 0 Å². The molecule has 1 aliphatic rings. The fourth-order valence-electron chi connectivity index (χ4n) is 2.98. The second kappa shape index (κ2) is 5.21. The SMILES string of the molecule is CCCC(C(=O)O)C1(O)CCc2ccc(OC)cc21. The number of carbonyl (C=O) groups is 1. The van der Waals surface area contributed by atoms with Crippen LogP contribution in [0.15, 0.2) is 18.2 Å². The van der Waals surface area contributed by atoms with Gasteiger partial charge in [-0.3, -0.25) is 4.79 Å². The highest BCUT2D eigenvalue weighted by Gasteiger charge is 2.46. The Labute approximate surface area is 113 Å². The molecule has 2 rings (SSSR count). The highest BCUT2D eigenvalue weighted by atomic mass is 16.5. The third-order valence-electron chi connectivity index (χ3n) is 4.01. The quantitative estimate of drug-likeness (QED) is 0.856. The van der Waals surface area contributed by atoms with E-state index in [0.717, 1.165) is 12.0 Å². The normalized spacial score (nSPS) is 22.9. The Hall–Kier alpha value is -1.55. The highest BCUT2D eigenvalue weighted by Crippen LogP contribution is 2.45. The van der Waals surface area contributed by atoms with Crippen molar-refractivity contribution in [2.24, 2.45) is 5.92 Å². The fraction of sp³-hybridized carbons (Fsp3) is 0.533. The van der Waals surface area contributed by atoms with Crippen LogP contribution in [0.5, 0.6) is 5.75 Å². The molecule has 104 valence electrons. The molecule has 0 fully saturated rings. The van der Waals surface area contributed by atoms with E-state index in [-0.39, 0.29) is 0 Å². The van der Waals surface area contributed by atoms with Gasteiger partial charge in [0.05, 0.1) is 13.0 Å². The number of hydrogen-bond acceptors (Lipinski definition) is 3. The van der Waals surface area contributed by atoms with Crippen molar-refractivity contribution in [3.8, 4) is 5.75 Å². The molecule has 19 heavy (non-hydrogen) atoms. The Morgan fingerprint density at radius 2 is 2.26 bits per heavy atom.